The number of imidazole rings is 1. The highest BCUT2D eigenvalue weighted by molar-refractivity contribution is 7.99. The van der Waals surface area contributed by atoms with E-state index in [2.05, 4.69) is 25.3 Å². The number of benzene rings is 1. The molecule has 0 amide bonds. The van der Waals surface area contributed by atoms with Crippen LogP contribution in [-0.2, 0) is 6.54 Å². The summed E-state index contributed by atoms with van der Waals surface area (Å²) in [7, 11) is 0. The van der Waals surface area contributed by atoms with Crippen LogP contribution in [0.25, 0.3) is 11.2 Å². The molecule has 0 fully saturated rings. The summed E-state index contributed by atoms with van der Waals surface area (Å²) in [6, 6.07) is 5.10. The smallest absolute Gasteiger partial charge is 0.181 e. The summed E-state index contributed by atoms with van der Waals surface area (Å²) >= 11 is 1.29. The van der Waals surface area contributed by atoms with Crippen molar-refractivity contribution in [2.24, 2.45) is 0 Å². The van der Waals surface area contributed by atoms with Gasteiger partial charge < -0.3 is 10.3 Å². The molecule has 0 saturated carbocycles. The van der Waals surface area contributed by atoms with Crippen molar-refractivity contribution in [2.75, 3.05) is 6.54 Å². The highest BCUT2D eigenvalue weighted by Gasteiger charge is 2.14. The van der Waals surface area contributed by atoms with E-state index in [9.17, 15) is 4.39 Å². The van der Waals surface area contributed by atoms with Gasteiger partial charge in [0.25, 0.3) is 0 Å². The highest BCUT2D eigenvalue weighted by atomic mass is 32.2. The van der Waals surface area contributed by atoms with Crippen LogP contribution in [0.5, 0.6) is 0 Å². The molecule has 0 atom stereocenters. The highest BCUT2D eigenvalue weighted by Crippen LogP contribution is 2.34. The van der Waals surface area contributed by atoms with Crippen molar-refractivity contribution >= 4 is 22.9 Å². The third-order valence-electron chi connectivity index (χ3n) is 3.00. The Hall–Kier alpha value is -1.99. The summed E-state index contributed by atoms with van der Waals surface area (Å²) in [6.07, 6.45) is 3.00. The molecular weight excluding hydrogens is 289 g/mol. The number of hydrogen-bond donors (Lipinski definition) is 2. The lowest BCUT2D eigenvalue weighted by molar-refractivity contribution is 0.591. The van der Waals surface area contributed by atoms with E-state index in [4.69, 9.17) is 0 Å². The molecule has 0 bridgehead atoms. The minimum absolute atomic E-state index is 0.248. The first-order chi connectivity index (χ1) is 10.3. The van der Waals surface area contributed by atoms with Crippen LogP contribution in [0.4, 0.5) is 4.39 Å². The monoisotopic (exact) mass is 303 g/mol. The van der Waals surface area contributed by atoms with E-state index in [0.29, 0.717) is 22.1 Å². The summed E-state index contributed by atoms with van der Waals surface area (Å²) in [5.41, 5.74) is 2.21. The van der Waals surface area contributed by atoms with E-state index in [-0.39, 0.29) is 5.82 Å². The number of halogens is 1. The zero-order valence-electron chi connectivity index (χ0n) is 11.4. The minimum atomic E-state index is -0.248. The molecule has 0 aliphatic rings. The Morgan fingerprint density at radius 3 is 3.05 bits per heavy atom. The number of H-pyrrole nitrogens is 1. The van der Waals surface area contributed by atoms with Gasteiger partial charge in [-0.2, -0.15) is 0 Å². The molecule has 21 heavy (non-hydrogen) atoms. The molecule has 2 aromatic heterocycles. The van der Waals surface area contributed by atoms with E-state index in [1.807, 2.05) is 13.0 Å². The van der Waals surface area contributed by atoms with Crippen LogP contribution < -0.4 is 5.32 Å². The Bertz CT molecular complexity index is 758. The van der Waals surface area contributed by atoms with Crippen molar-refractivity contribution in [1.82, 2.24) is 25.3 Å². The van der Waals surface area contributed by atoms with Crippen LogP contribution in [0.15, 0.2) is 40.8 Å². The maximum atomic E-state index is 14.2. The predicted molar refractivity (Wildman–Crippen MR) is 79.6 cm³/mol. The van der Waals surface area contributed by atoms with Crippen LogP contribution in [0.1, 0.15) is 12.5 Å². The molecule has 0 saturated heterocycles. The second-order valence-corrected chi connectivity index (χ2v) is 5.39. The van der Waals surface area contributed by atoms with Crippen molar-refractivity contribution in [3.8, 4) is 0 Å². The van der Waals surface area contributed by atoms with E-state index < -0.39 is 0 Å². The van der Waals surface area contributed by atoms with Gasteiger partial charge in [0.2, 0.25) is 0 Å². The van der Waals surface area contributed by atoms with Gasteiger partial charge in [0.1, 0.15) is 22.7 Å². The second-order valence-electron chi connectivity index (χ2n) is 4.39. The van der Waals surface area contributed by atoms with E-state index >= 15 is 0 Å². The molecule has 5 nitrogen and oxygen atoms in total. The molecule has 108 valence electrons. The molecule has 0 aliphatic carbocycles. The van der Waals surface area contributed by atoms with Gasteiger partial charge in [0, 0.05) is 6.54 Å². The first kappa shape index (κ1) is 14.0. The third-order valence-corrected chi connectivity index (χ3v) is 4.17. The summed E-state index contributed by atoms with van der Waals surface area (Å²) < 4.78 is 14.2. The molecule has 0 radical (unpaired) electrons. The van der Waals surface area contributed by atoms with Crippen LogP contribution in [0.2, 0.25) is 0 Å². The molecule has 7 heteroatoms. The number of nitrogens with zero attached hydrogens (tertiary/aromatic N) is 3. The fraction of sp³-hybridized carbons (Fsp3) is 0.214. The quantitative estimate of drug-likeness (QED) is 0.709. The van der Waals surface area contributed by atoms with Crippen molar-refractivity contribution in [2.45, 2.75) is 23.4 Å². The number of hydrogen-bond acceptors (Lipinski definition) is 5. The first-order valence-corrected chi connectivity index (χ1v) is 7.41. The Kier molecular flexibility index (Phi) is 4.12. The van der Waals surface area contributed by atoms with Gasteiger partial charge >= 0.3 is 0 Å². The van der Waals surface area contributed by atoms with Gasteiger partial charge in [-0.15, -0.1) is 0 Å². The average Bonchev–Trinajstić information content (AvgIpc) is 2.97. The minimum Gasteiger partial charge on any atom is -0.341 e. The lowest BCUT2D eigenvalue weighted by Crippen LogP contribution is -2.12. The van der Waals surface area contributed by atoms with Crippen LogP contribution in [-0.4, -0.2) is 26.5 Å². The molecule has 2 heterocycles. The van der Waals surface area contributed by atoms with E-state index in [0.717, 1.165) is 17.6 Å². The average molecular weight is 303 g/mol. The van der Waals surface area contributed by atoms with Gasteiger partial charge in [-0.3, -0.25) is 0 Å². The van der Waals surface area contributed by atoms with Crippen molar-refractivity contribution in [1.29, 1.82) is 0 Å². The molecule has 3 rings (SSSR count). The zero-order valence-corrected chi connectivity index (χ0v) is 12.2. The van der Waals surface area contributed by atoms with Crippen LogP contribution >= 0.6 is 11.8 Å². The van der Waals surface area contributed by atoms with Crippen molar-refractivity contribution < 1.29 is 4.39 Å². The van der Waals surface area contributed by atoms with Gasteiger partial charge in [0.05, 0.1) is 11.2 Å². The SMILES string of the molecule is CCNCc1cccc(F)c1Sc1ncnc2nc[nH]c12. The molecule has 0 spiro atoms. The predicted octanol–water partition coefficient (Wildman–Crippen LogP) is 2.75. The maximum Gasteiger partial charge on any atom is 0.181 e. The van der Waals surface area contributed by atoms with Gasteiger partial charge in [-0.25, -0.2) is 19.3 Å². The normalized spacial score (nSPS) is 11.1. The lowest BCUT2D eigenvalue weighted by atomic mass is 10.2. The topological polar surface area (TPSA) is 66.5 Å². The second kappa shape index (κ2) is 6.19. The summed E-state index contributed by atoms with van der Waals surface area (Å²) in [5, 5.41) is 3.88. The third kappa shape index (κ3) is 2.88. The Morgan fingerprint density at radius 2 is 2.19 bits per heavy atom. The first-order valence-electron chi connectivity index (χ1n) is 6.59. The number of nitrogens with one attached hydrogen (secondary N) is 2. The number of aromatic nitrogens is 4. The van der Waals surface area contributed by atoms with Gasteiger partial charge in [0.15, 0.2) is 5.65 Å². The van der Waals surface area contributed by atoms with E-state index in [1.165, 1.54) is 24.2 Å². The zero-order chi connectivity index (χ0) is 14.7. The van der Waals surface area contributed by atoms with Gasteiger partial charge in [-0.05, 0) is 18.2 Å². The fourth-order valence-electron chi connectivity index (χ4n) is 1.98. The molecule has 0 aliphatic heterocycles. The Morgan fingerprint density at radius 1 is 1.29 bits per heavy atom. The number of rotatable bonds is 5. The maximum absolute atomic E-state index is 14.2. The molecule has 1 aromatic carbocycles. The molecule has 3 aromatic rings. The van der Waals surface area contributed by atoms with Crippen molar-refractivity contribution in [3.05, 3.63) is 42.2 Å². The van der Waals surface area contributed by atoms with Crippen molar-refractivity contribution in [3.63, 3.8) is 0 Å². The lowest BCUT2D eigenvalue weighted by Gasteiger charge is -2.10. The molecule has 2 N–H and O–H groups in total. The Balaban J connectivity index is 1.99. The number of fused-ring (bicyclic) bond motifs is 1. The largest absolute Gasteiger partial charge is 0.341 e. The molecule has 0 unspecified atom stereocenters. The van der Waals surface area contributed by atoms with Gasteiger partial charge in [-0.1, -0.05) is 30.8 Å². The Labute approximate surface area is 125 Å². The van der Waals surface area contributed by atoms with Crippen LogP contribution in [0.3, 0.4) is 0 Å². The summed E-state index contributed by atoms with van der Waals surface area (Å²) in [4.78, 5) is 16.0. The summed E-state index contributed by atoms with van der Waals surface area (Å²) in [5.74, 6) is -0.248. The molecular formula is C14H14FN5S. The fourth-order valence-corrected chi connectivity index (χ4v) is 2.97. The standard InChI is InChI=1S/C14H14FN5S/c1-2-16-6-9-4-3-5-10(15)12(9)21-14-11-13(18-7-17-11)19-8-20-14/h3-5,7-8,16H,2,6H2,1H3,(H,17,18,19,20). The van der Waals surface area contributed by atoms with Crippen LogP contribution in [0, 0.1) is 5.82 Å². The van der Waals surface area contributed by atoms with E-state index in [1.54, 1.807) is 12.4 Å². The summed E-state index contributed by atoms with van der Waals surface area (Å²) in [6.45, 7) is 3.47. The number of aromatic amines is 1.